The normalized spacial score (nSPS) is 28.4. The summed E-state index contributed by atoms with van der Waals surface area (Å²) in [4.78, 5) is 47.9. The first-order valence-corrected chi connectivity index (χ1v) is 23.9. The monoisotopic (exact) mass is 898 g/mol. The van der Waals surface area contributed by atoms with Crippen molar-refractivity contribution in [2.45, 2.75) is 104 Å². The Labute approximate surface area is 389 Å². The number of methoxy groups -OCH3 is 1. The lowest BCUT2D eigenvalue weighted by Crippen LogP contribution is -2.78. The van der Waals surface area contributed by atoms with Crippen LogP contribution in [-0.2, 0) is 25.5 Å². The fraction of sp³-hybridized carbons (Fsp3) is 0.509. The summed E-state index contributed by atoms with van der Waals surface area (Å²) in [7, 11) is 3.45. The average molecular weight is 899 g/mol. The molecule has 0 amide bonds. The number of aliphatic hydroxyl groups is 1. The molecule has 6 unspecified atom stereocenters. The standard InChI is InChI=1S/C55H66N2O9/c1-31(2)14-13-21-53(8)22-20-38-46(65-53)37(18-17-32(3)4)49-43(47(38)63-29-28-57-26-24-56(9)25-27-57)50-44-41(42-45(58)35-15-11-12-16-36(35)48(42)64-50)39-30-40(33(5)6)55(44,66-49)54(61,51(39)59)23-19-34(7)52(60)62-10/h11-12,14-17,19-20,22,33,39-41,61H,13,18,21,23-30H2,1-10H3/b34-19-. The van der Waals surface area contributed by atoms with Crippen molar-refractivity contribution in [1.29, 1.82) is 0 Å². The Balaban J connectivity index is 1.34. The van der Waals surface area contributed by atoms with E-state index in [1.807, 2.05) is 24.3 Å². The predicted octanol–water partition coefficient (Wildman–Crippen LogP) is 8.94. The summed E-state index contributed by atoms with van der Waals surface area (Å²) < 4.78 is 34.6. The molecule has 4 fully saturated rings. The van der Waals surface area contributed by atoms with Gasteiger partial charge in [0, 0.05) is 84.7 Å². The molecule has 1 N–H and O–H groups in total. The summed E-state index contributed by atoms with van der Waals surface area (Å²) >= 11 is 0. The molecule has 2 aromatic carbocycles. The zero-order valence-corrected chi connectivity index (χ0v) is 40.4. The van der Waals surface area contributed by atoms with Gasteiger partial charge in [-0.2, -0.15) is 0 Å². The number of hydrogen-bond acceptors (Lipinski definition) is 11. The summed E-state index contributed by atoms with van der Waals surface area (Å²) in [6, 6.07) is 7.46. The molecule has 3 saturated carbocycles. The molecule has 11 nitrogen and oxygen atoms in total. The minimum atomic E-state index is -2.18. The second-order valence-corrected chi connectivity index (χ2v) is 20.6. The minimum Gasteiger partial charge on any atom is -0.491 e. The molecule has 4 aliphatic heterocycles. The molecule has 1 saturated heterocycles. The van der Waals surface area contributed by atoms with Gasteiger partial charge in [0.2, 0.25) is 0 Å². The Kier molecular flexibility index (Phi) is 11.9. The SMILES string of the molecule is COC(=O)/C(C)=C\CC1(O)C(=O)C2CC(C(C)C)C13Oc1c(CC=C(C)C)c4c(c(OCCN5CCN(C)CC5)c1C1=C3C2C2=C(O1)c1ccccc1C2=O)C=CC(C)(CCC=C(C)C)O4. The number of likely N-dealkylation sites (N-methyl/N-ethyl adjacent to an activating group) is 1. The Morgan fingerprint density at radius 3 is 2.35 bits per heavy atom. The van der Waals surface area contributed by atoms with E-state index in [1.165, 1.54) is 12.7 Å². The topological polar surface area (TPSA) is 124 Å². The molecule has 2 aromatic rings. The quantitative estimate of drug-likeness (QED) is 0.118. The average Bonchev–Trinajstić information content (AvgIpc) is 3.57. The van der Waals surface area contributed by atoms with Crippen molar-refractivity contribution in [2.75, 3.05) is 53.5 Å². The number of allylic oxidation sites excluding steroid dienone is 5. The van der Waals surface area contributed by atoms with Crippen LogP contribution in [0.4, 0.5) is 0 Å². The van der Waals surface area contributed by atoms with E-state index in [9.17, 15) is 14.7 Å². The lowest BCUT2D eigenvalue weighted by Gasteiger charge is -2.65. The zero-order valence-electron chi connectivity index (χ0n) is 40.4. The Bertz CT molecular complexity index is 2580. The van der Waals surface area contributed by atoms with Gasteiger partial charge in [0.25, 0.3) is 0 Å². The summed E-state index contributed by atoms with van der Waals surface area (Å²) in [6.45, 7) is 21.1. The van der Waals surface area contributed by atoms with Gasteiger partial charge in [-0.05, 0) is 92.3 Å². The van der Waals surface area contributed by atoms with Crippen LogP contribution in [0.3, 0.4) is 0 Å². The number of carbonyl (C=O) groups excluding carboxylic acids is 3. The van der Waals surface area contributed by atoms with Gasteiger partial charge in [-0.3, -0.25) is 14.5 Å². The second-order valence-electron chi connectivity index (χ2n) is 20.6. The molecule has 10 rings (SSSR count). The third-order valence-corrected chi connectivity index (χ3v) is 15.3. The molecule has 11 heteroatoms. The van der Waals surface area contributed by atoms with Gasteiger partial charge in [0.1, 0.15) is 46.5 Å². The smallest absolute Gasteiger partial charge is 0.333 e. The molecule has 4 heterocycles. The van der Waals surface area contributed by atoms with E-state index in [2.05, 4.69) is 89.6 Å². The van der Waals surface area contributed by atoms with E-state index in [0.717, 1.165) is 55.7 Å². The van der Waals surface area contributed by atoms with Gasteiger partial charge < -0.3 is 33.7 Å². The second kappa shape index (κ2) is 17.1. The molecular formula is C55H66N2O9. The summed E-state index contributed by atoms with van der Waals surface area (Å²) in [6.07, 6.45) is 12.3. The maximum atomic E-state index is 15.6. The van der Waals surface area contributed by atoms with E-state index >= 15 is 4.79 Å². The Morgan fingerprint density at radius 2 is 1.67 bits per heavy atom. The summed E-state index contributed by atoms with van der Waals surface area (Å²) in [5.41, 5.74) is 2.28. The third kappa shape index (κ3) is 7.22. The number of carbonyl (C=O) groups is 3. The van der Waals surface area contributed by atoms with Crippen molar-refractivity contribution >= 4 is 35.1 Å². The number of fused-ring (bicyclic) bond motifs is 7. The van der Waals surface area contributed by atoms with E-state index in [1.54, 1.807) is 13.0 Å². The molecular weight excluding hydrogens is 833 g/mol. The first kappa shape index (κ1) is 45.9. The number of Topliss-reactive ketones (excluding diaryl/α,β-unsaturated/α-hetero) is 2. The first-order chi connectivity index (χ1) is 31.4. The molecule has 8 aliphatic rings. The molecule has 4 aliphatic carbocycles. The lowest BCUT2D eigenvalue weighted by molar-refractivity contribution is -0.210. The van der Waals surface area contributed by atoms with Crippen LogP contribution in [0.15, 0.2) is 76.4 Å². The van der Waals surface area contributed by atoms with Crippen molar-refractivity contribution in [3.8, 4) is 17.2 Å². The molecule has 6 atom stereocenters. The van der Waals surface area contributed by atoms with Crippen LogP contribution >= 0.6 is 0 Å². The highest BCUT2D eigenvalue weighted by atomic mass is 16.5. The number of ether oxygens (including phenoxy) is 5. The van der Waals surface area contributed by atoms with Gasteiger partial charge in [0.15, 0.2) is 22.8 Å². The lowest BCUT2D eigenvalue weighted by atomic mass is 9.43. The predicted molar refractivity (Wildman–Crippen MR) is 255 cm³/mol. The van der Waals surface area contributed by atoms with Crippen LogP contribution in [0.25, 0.3) is 17.6 Å². The van der Waals surface area contributed by atoms with Gasteiger partial charge in [0.05, 0.1) is 18.2 Å². The summed E-state index contributed by atoms with van der Waals surface area (Å²) in [5, 5.41) is 13.7. The maximum Gasteiger partial charge on any atom is 0.333 e. The van der Waals surface area contributed by atoms with Crippen molar-refractivity contribution in [1.82, 2.24) is 9.80 Å². The van der Waals surface area contributed by atoms with Crippen LogP contribution in [0.1, 0.15) is 114 Å². The largest absolute Gasteiger partial charge is 0.491 e. The maximum absolute atomic E-state index is 15.6. The van der Waals surface area contributed by atoms with Crippen LogP contribution < -0.4 is 14.2 Å². The molecule has 0 radical (unpaired) electrons. The fourth-order valence-electron chi connectivity index (χ4n) is 11.7. The Hall–Kier alpha value is -5.23. The number of piperazine rings is 1. The van der Waals surface area contributed by atoms with Crippen molar-refractivity contribution < 1.29 is 43.2 Å². The van der Waals surface area contributed by atoms with Gasteiger partial charge >= 0.3 is 5.97 Å². The van der Waals surface area contributed by atoms with Crippen molar-refractivity contribution in [2.24, 2.45) is 23.7 Å². The highest BCUT2D eigenvalue weighted by Crippen LogP contribution is 2.71. The number of benzene rings is 2. The first-order valence-electron chi connectivity index (χ1n) is 23.9. The number of hydrogen-bond donors (Lipinski definition) is 1. The van der Waals surface area contributed by atoms with E-state index in [-0.39, 0.29) is 23.7 Å². The van der Waals surface area contributed by atoms with Crippen LogP contribution in [-0.4, -0.2) is 103 Å². The van der Waals surface area contributed by atoms with Crippen LogP contribution in [0, 0.1) is 23.7 Å². The van der Waals surface area contributed by atoms with Gasteiger partial charge in [-0.1, -0.05) is 67.5 Å². The van der Waals surface area contributed by atoms with Crippen LogP contribution in [0.2, 0.25) is 0 Å². The number of nitrogens with zero attached hydrogens (tertiary/aromatic N) is 2. The van der Waals surface area contributed by atoms with Crippen molar-refractivity contribution in [3.63, 3.8) is 0 Å². The molecule has 1 spiro atoms. The third-order valence-electron chi connectivity index (χ3n) is 15.3. The minimum absolute atomic E-state index is 0.100. The van der Waals surface area contributed by atoms with Crippen LogP contribution in [0.5, 0.6) is 17.2 Å². The van der Waals surface area contributed by atoms with E-state index < -0.39 is 46.3 Å². The Morgan fingerprint density at radius 1 is 0.955 bits per heavy atom. The molecule has 0 aromatic heterocycles. The number of rotatable bonds is 13. The highest BCUT2D eigenvalue weighted by molar-refractivity contribution is 6.22. The van der Waals surface area contributed by atoms with Gasteiger partial charge in [-0.25, -0.2) is 4.79 Å². The zero-order chi connectivity index (χ0) is 47.0. The summed E-state index contributed by atoms with van der Waals surface area (Å²) in [5.74, 6) is -0.752. The van der Waals surface area contributed by atoms with E-state index in [0.29, 0.717) is 82.6 Å². The number of ketones is 2. The molecule has 2 bridgehead atoms. The molecule has 66 heavy (non-hydrogen) atoms. The highest BCUT2D eigenvalue weighted by Gasteiger charge is 2.77. The van der Waals surface area contributed by atoms with Crippen molar-refractivity contribution in [3.05, 3.63) is 104 Å². The molecule has 350 valence electrons. The fourth-order valence-corrected chi connectivity index (χ4v) is 11.7. The number of esters is 1. The van der Waals surface area contributed by atoms with E-state index in [4.69, 9.17) is 23.7 Å². The van der Waals surface area contributed by atoms with Gasteiger partial charge in [-0.15, -0.1) is 0 Å².